The maximum absolute atomic E-state index is 11.7. The van der Waals surface area contributed by atoms with Crippen molar-refractivity contribution in [2.24, 2.45) is 0 Å². The van der Waals surface area contributed by atoms with Crippen LogP contribution in [0.2, 0.25) is 0 Å². The van der Waals surface area contributed by atoms with Gasteiger partial charge in [-0.1, -0.05) is 5.16 Å². The molecule has 9 nitrogen and oxygen atoms in total. The average molecular weight is 349 g/mol. The van der Waals surface area contributed by atoms with E-state index in [-0.39, 0.29) is 25.3 Å². The molecule has 0 aliphatic rings. The van der Waals surface area contributed by atoms with E-state index in [9.17, 15) is 14.7 Å². The fraction of sp³-hybridized carbons (Fsp3) is 0.375. The lowest BCUT2D eigenvalue weighted by Crippen LogP contribution is -2.46. The van der Waals surface area contributed by atoms with Gasteiger partial charge >= 0.3 is 5.97 Å². The molecule has 134 valence electrons. The molecule has 25 heavy (non-hydrogen) atoms. The molecular weight excluding hydrogens is 330 g/mol. The third-order valence-electron chi connectivity index (χ3n) is 3.47. The molecule has 9 heteroatoms. The average Bonchev–Trinajstić information content (AvgIpc) is 3.07. The molecule has 2 rings (SSSR count). The summed E-state index contributed by atoms with van der Waals surface area (Å²) in [5.74, 6) is -0.446. The van der Waals surface area contributed by atoms with Crippen LogP contribution in [0.5, 0.6) is 5.75 Å². The number of carboxylic acid groups (broad SMARTS) is 1. The Balaban J connectivity index is 1.86. The van der Waals surface area contributed by atoms with Gasteiger partial charge < -0.3 is 24.8 Å². The van der Waals surface area contributed by atoms with Gasteiger partial charge in [-0.3, -0.25) is 4.79 Å². The number of aliphatic hydroxyl groups is 1. The third-order valence-corrected chi connectivity index (χ3v) is 3.47. The Morgan fingerprint density at radius 1 is 1.32 bits per heavy atom. The monoisotopic (exact) mass is 349 g/mol. The molecule has 2 aromatic rings. The summed E-state index contributed by atoms with van der Waals surface area (Å²) in [6.07, 6.45) is 0.226. The van der Waals surface area contributed by atoms with E-state index in [2.05, 4.69) is 15.5 Å². The number of nitrogens with zero attached hydrogens (tertiary/aromatic N) is 2. The van der Waals surface area contributed by atoms with E-state index >= 15 is 0 Å². The Labute approximate surface area is 143 Å². The van der Waals surface area contributed by atoms with Gasteiger partial charge in [-0.05, 0) is 31.2 Å². The van der Waals surface area contributed by atoms with Gasteiger partial charge in [0.2, 0.25) is 17.6 Å². The summed E-state index contributed by atoms with van der Waals surface area (Å²) < 4.78 is 10.2. The van der Waals surface area contributed by atoms with Gasteiger partial charge in [-0.15, -0.1) is 0 Å². The molecule has 0 saturated heterocycles. The van der Waals surface area contributed by atoms with Gasteiger partial charge in [0.15, 0.2) is 5.60 Å². The molecule has 0 radical (unpaired) electrons. The summed E-state index contributed by atoms with van der Waals surface area (Å²) in [5, 5.41) is 24.5. The highest BCUT2D eigenvalue weighted by Crippen LogP contribution is 2.19. The highest BCUT2D eigenvalue weighted by molar-refractivity contribution is 5.80. The number of carbonyl (C=O) groups is 2. The SMILES string of the molecule is COc1ccc(-c2noc(CCC(=O)NCC(C)(O)C(=O)O)n2)cc1. The molecule has 0 bridgehead atoms. The number of hydrogen-bond acceptors (Lipinski definition) is 7. The number of carbonyl (C=O) groups excluding carboxylic acids is 1. The number of aliphatic carboxylic acids is 1. The molecule has 0 saturated carbocycles. The Hall–Kier alpha value is -2.94. The largest absolute Gasteiger partial charge is 0.497 e. The summed E-state index contributed by atoms with van der Waals surface area (Å²) in [5.41, 5.74) is -1.26. The van der Waals surface area contributed by atoms with E-state index in [4.69, 9.17) is 14.4 Å². The molecule has 0 aliphatic carbocycles. The summed E-state index contributed by atoms with van der Waals surface area (Å²) in [7, 11) is 1.57. The van der Waals surface area contributed by atoms with E-state index in [1.165, 1.54) is 0 Å². The lowest BCUT2D eigenvalue weighted by atomic mass is 10.1. The van der Waals surface area contributed by atoms with E-state index in [0.29, 0.717) is 11.6 Å². The van der Waals surface area contributed by atoms with Crippen LogP contribution in [-0.2, 0) is 16.0 Å². The molecule has 1 aromatic carbocycles. The first-order valence-electron chi connectivity index (χ1n) is 7.51. The summed E-state index contributed by atoms with van der Waals surface area (Å²) >= 11 is 0. The van der Waals surface area contributed by atoms with Crippen LogP contribution in [-0.4, -0.2) is 51.5 Å². The number of hydrogen-bond donors (Lipinski definition) is 3. The van der Waals surface area contributed by atoms with Crippen LogP contribution >= 0.6 is 0 Å². The van der Waals surface area contributed by atoms with Crippen LogP contribution in [0.3, 0.4) is 0 Å². The second kappa shape index (κ2) is 7.75. The maximum atomic E-state index is 11.7. The van der Waals surface area contributed by atoms with Gasteiger partial charge in [-0.2, -0.15) is 4.98 Å². The number of ether oxygens (including phenoxy) is 1. The summed E-state index contributed by atoms with van der Waals surface area (Å²) in [6.45, 7) is 0.719. The van der Waals surface area contributed by atoms with Gasteiger partial charge in [-0.25, -0.2) is 4.79 Å². The van der Waals surface area contributed by atoms with Crippen LogP contribution in [0.1, 0.15) is 19.2 Å². The molecule has 3 N–H and O–H groups in total. The number of aryl methyl sites for hydroxylation is 1. The lowest BCUT2D eigenvalue weighted by Gasteiger charge is -2.17. The topological polar surface area (TPSA) is 135 Å². The number of carboxylic acids is 1. The zero-order valence-electron chi connectivity index (χ0n) is 13.9. The van der Waals surface area contributed by atoms with Crippen molar-refractivity contribution in [3.8, 4) is 17.1 Å². The summed E-state index contributed by atoms with van der Waals surface area (Å²) in [4.78, 5) is 26.7. The first kappa shape index (κ1) is 18.4. The predicted octanol–water partition coefficient (Wildman–Crippen LogP) is 0.630. The molecule has 0 aliphatic heterocycles. The molecule has 1 atom stereocenters. The molecule has 1 heterocycles. The van der Waals surface area contributed by atoms with Crippen LogP contribution in [0.4, 0.5) is 0 Å². The number of benzene rings is 1. The Bertz CT molecular complexity index is 739. The quantitative estimate of drug-likeness (QED) is 0.631. The normalized spacial score (nSPS) is 13.1. The van der Waals surface area contributed by atoms with Crippen LogP contribution in [0, 0.1) is 0 Å². The Morgan fingerprint density at radius 2 is 2.00 bits per heavy atom. The van der Waals surface area contributed by atoms with Crippen LogP contribution in [0.25, 0.3) is 11.4 Å². The first-order valence-corrected chi connectivity index (χ1v) is 7.51. The van der Waals surface area contributed by atoms with Crippen molar-refractivity contribution in [1.82, 2.24) is 15.5 Å². The van der Waals surface area contributed by atoms with Crippen molar-refractivity contribution < 1.29 is 29.1 Å². The number of methoxy groups -OCH3 is 1. The third kappa shape index (κ3) is 5.01. The Kier molecular flexibility index (Phi) is 5.71. The first-order chi connectivity index (χ1) is 11.8. The summed E-state index contributed by atoms with van der Waals surface area (Å²) in [6, 6.07) is 7.11. The second-order valence-corrected chi connectivity index (χ2v) is 5.60. The highest BCUT2D eigenvalue weighted by Gasteiger charge is 2.30. The van der Waals surface area contributed by atoms with E-state index in [1.54, 1.807) is 31.4 Å². The van der Waals surface area contributed by atoms with Gasteiger partial charge in [0.1, 0.15) is 5.75 Å². The van der Waals surface area contributed by atoms with Gasteiger partial charge in [0.05, 0.1) is 13.7 Å². The van der Waals surface area contributed by atoms with Crippen molar-refractivity contribution in [1.29, 1.82) is 0 Å². The lowest BCUT2D eigenvalue weighted by molar-refractivity contribution is -0.156. The fourth-order valence-electron chi connectivity index (χ4n) is 1.87. The zero-order chi connectivity index (χ0) is 18.4. The second-order valence-electron chi connectivity index (χ2n) is 5.60. The minimum Gasteiger partial charge on any atom is -0.497 e. The van der Waals surface area contributed by atoms with Crippen LogP contribution < -0.4 is 10.1 Å². The van der Waals surface area contributed by atoms with Crippen molar-refractivity contribution >= 4 is 11.9 Å². The van der Waals surface area contributed by atoms with Crippen molar-refractivity contribution in [3.05, 3.63) is 30.2 Å². The number of aromatic nitrogens is 2. The van der Waals surface area contributed by atoms with E-state index < -0.39 is 17.5 Å². The smallest absolute Gasteiger partial charge is 0.337 e. The van der Waals surface area contributed by atoms with Gasteiger partial charge in [0.25, 0.3) is 0 Å². The molecule has 1 amide bonds. The van der Waals surface area contributed by atoms with Crippen molar-refractivity contribution in [3.63, 3.8) is 0 Å². The maximum Gasteiger partial charge on any atom is 0.337 e. The van der Waals surface area contributed by atoms with Gasteiger partial charge in [0, 0.05) is 18.4 Å². The number of nitrogens with one attached hydrogen (secondary N) is 1. The predicted molar refractivity (Wildman–Crippen MR) is 85.9 cm³/mol. The highest BCUT2D eigenvalue weighted by atomic mass is 16.5. The minimum atomic E-state index is -2.01. The fourth-order valence-corrected chi connectivity index (χ4v) is 1.87. The van der Waals surface area contributed by atoms with Crippen molar-refractivity contribution in [2.75, 3.05) is 13.7 Å². The number of rotatable bonds is 8. The molecule has 1 aromatic heterocycles. The number of amides is 1. The minimum absolute atomic E-state index is 0.0277. The van der Waals surface area contributed by atoms with E-state index in [0.717, 1.165) is 12.5 Å². The Morgan fingerprint density at radius 3 is 2.60 bits per heavy atom. The standard InChI is InChI=1S/C16H19N3O6/c1-16(23,15(21)22)9-17-12(20)7-8-13-18-14(19-25-13)10-3-5-11(24-2)6-4-10/h3-6,23H,7-9H2,1-2H3,(H,17,20)(H,21,22). The van der Waals surface area contributed by atoms with E-state index in [1.807, 2.05) is 0 Å². The zero-order valence-corrected chi connectivity index (χ0v) is 13.9. The molecule has 0 fully saturated rings. The van der Waals surface area contributed by atoms with Crippen molar-refractivity contribution in [2.45, 2.75) is 25.4 Å². The molecular formula is C16H19N3O6. The molecule has 1 unspecified atom stereocenters. The van der Waals surface area contributed by atoms with Crippen LogP contribution in [0.15, 0.2) is 28.8 Å². The molecule has 0 spiro atoms.